The summed E-state index contributed by atoms with van der Waals surface area (Å²) in [5.74, 6) is 0.311. The lowest BCUT2D eigenvalue weighted by atomic mass is 9.75. The molecule has 0 aromatic heterocycles. The van der Waals surface area contributed by atoms with E-state index >= 15 is 0 Å². The highest BCUT2D eigenvalue weighted by Gasteiger charge is 2.60. The molecule has 2 aliphatic rings. The molecule has 0 N–H and O–H groups in total. The minimum atomic E-state index is -0.205. The molecule has 2 fully saturated rings. The fraction of sp³-hybridized carbons (Fsp3) is 0.667. The van der Waals surface area contributed by atoms with Crippen LogP contribution in [-0.4, -0.2) is 17.3 Å². The topological polar surface area (TPSA) is 18.5 Å². The summed E-state index contributed by atoms with van der Waals surface area (Å²) in [6.45, 7) is 8.83. The molecule has 1 aromatic carbocycles. The van der Waals surface area contributed by atoms with Gasteiger partial charge in [0.25, 0.3) is 0 Å². The van der Waals surface area contributed by atoms with E-state index in [1.54, 1.807) is 6.07 Å². The van der Waals surface area contributed by atoms with Gasteiger partial charge in [-0.05, 0) is 44.2 Å². The Kier molecular flexibility index (Phi) is 3.61. The molecule has 3 heteroatoms. The number of fused-ring (bicyclic) bond motifs is 2. The minimum absolute atomic E-state index is 0.0380. The van der Waals surface area contributed by atoms with Crippen LogP contribution in [-0.2, 0) is 16.1 Å². The van der Waals surface area contributed by atoms with Crippen LogP contribution in [0.5, 0.6) is 0 Å². The Labute approximate surface area is 126 Å². The van der Waals surface area contributed by atoms with Crippen molar-refractivity contribution in [2.75, 3.05) is 0 Å². The van der Waals surface area contributed by atoms with E-state index in [2.05, 4.69) is 20.8 Å². The zero-order chi connectivity index (χ0) is 15.3. The van der Waals surface area contributed by atoms with E-state index in [0.717, 1.165) is 24.8 Å². The van der Waals surface area contributed by atoms with Gasteiger partial charge in [-0.3, -0.25) is 0 Å². The second kappa shape index (κ2) is 5.06. The van der Waals surface area contributed by atoms with Crippen molar-refractivity contribution in [2.24, 2.45) is 5.92 Å². The maximum absolute atomic E-state index is 13.9. The van der Waals surface area contributed by atoms with Crippen molar-refractivity contribution in [2.45, 2.75) is 70.9 Å². The van der Waals surface area contributed by atoms with Gasteiger partial charge >= 0.3 is 0 Å². The van der Waals surface area contributed by atoms with Crippen molar-refractivity contribution in [3.63, 3.8) is 0 Å². The normalized spacial score (nSPS) is 34.9. The van der Waals surface area contributed by atoms with Gasteiger partial charge in [-0.1, -0.05) is 26.0 Å². The van der Waals surface area contributed by atoms with E-state index in [1.807, 2.05) is 13.0 Å². The van der Waals surface area contributed by atoms with Crippen LogP contribution in [0.15, 0.2) is 18.2 Å². The van der Waals surface area contributed by atoms with Crippen LogP contribution >= 0.6 is 0 Å². The van der Waals surface area contributed by atoms with Crippen molar-refractivity contribution in [1.29, 1.82) is 0 Å². The molecule has 0 amide bonds. The lowest BCUT2D eigenvalue weighted by molar-refractivity contribution is -0.0962. The first-order valence-electron chi connectivity index (χ1n) is 7.92. The molecule has 0 aliphatic carbocycles. The zero-order valence-electron chi connectivity index (χ0n) is 13.4. The smallest absolute Gasteiger partial charge is 0.128 e. The lowest BCUT2D eigenvalue weighted by Crippen LogP contribution is -2.38. The molecule has 1 aromatic rings. The highest BCUT2D eigenvalue weighted by atomic mass is 19.1. The second-order valence-corrected chi connectivity index (χ2v) is 7.17. The summed E-state index contributed by atoms with van der Waals surface area (Å²) in [6.07, 6.45) is 3.13. The molecule has 0 unspecified atom stereocenters. The third-order valence-corrected chi connectivity index (χ3v) is 5.53. The number of ether oxygens (including phenoxy) is 2. The molecule has 0 radical (unpaired) electrons. The molecule has 2 bridgehead atoms. The first-order valence-corrected chi connectivity index (χ1v) is 7.92. The number of halogens is 1. The van der Waals surface area contributed by atoms with Gasteiger partial charge in [-0.15, -0.1) is 0 Å². The number of aryl methyl sites for hydroxylation is 1. The van der Waals surface area contributed by atoms with Gasteiger partial charge in [0.05, 0.1) is 23.9 Å². The minimum Gasteiger partial charge on any atom is -0.370 e. The molecular formula is C18H25FO2. The molecule has 3 rings (SSSR count). The fourth-order valence-corrected chi connectivity index (χ4v) is 3.84. The Morgan fingerprint density at radius 1 is 1.38 bits per heavy atom. The SMILES string of the molecule is Cc1cccc(F)c1CO[C@H]1C[C@]2(C(C)C)CC[C@@]1(C)O2. The quantitative estimate of drug-likeness (QED) is 0.819. The van der Waals surface area contributed by atoms with E-state index in [0.29, 0.717) is 18.1 Å². The van der Waals surface area contributed by atoms with Gasteiger partial charge in [0.2, 0.25) is 0 Å². The molecule has 0 spiro atoms. The zero-order valence-corrected chi connectivity index (χ0v) is 13.4. The Hall–Kier alpha value is -0.930. The highest BCUT2D eigenvalue weighted by molar-refractivity contribution is 5.26. The summed E-state index contributed by atoms with van der Waals surface area (Å²) in [4.78, 5) is 0. The van der Waals surface area contributed by atoms with E-state index in [9.17, 15) is 4.39 Å². The van der Waals surface area contributed by atoms with Gasteiger partial charge in [0.15, 0.2) is 0 Å². The van der Waals surface area contributed by atoms with Crippen LogP contribution in [0.2, 0.25) is 0 Å². The average molecular weight is 292 g/mol. The number of hydrogen-bond acceptors (Lipinski definition) is 2. The first-order chi connectivity index (χ1) is 9.86. The van der Waals surface area contributed by atoms with Crippen LogP contribution in [0.1, 0.15) is 51.2 Å². The lowest BCUT2D eigenvalue weighted by Gasteiger charge is -2.31. The van der Waals surface area contributed by atoms with Crippen molar-refractivity contribution in [3.8, 4) is 0 Å². The number of benzene rings is 1. The summed E-state index contributed by atoms with van der Waals surface area (Å²) in [5.41, 5.74) is 1.37. The molecule has 2 saturated heterocycles. The van der Waals surface area contributed by atoms with Crippen molar-refractivity contribution < 1.29 is 13.9 Å². The van der Waals surface area contributed by atoms with Crippen molar-refractivity contribution in [3.05, 3.63) is 35.1 Å². The molecule has 2 aliphatic heterocycles. The third kappa shape index (κ3) is 2.40. The summed E-state index contributed by atoms with van der Waals surface area (Å²) in [6, 6.07) is 5.17. The van der Waals surface area contributed by atoms with Crippen LogP contribution < -0.4 is 0 Å². The number of rotatable bonds is 4. The Balaban J connectivity index is 1.73. The highest BCUT2D eigenvalue weighted by Crippen LogP contribution is 2.55. The van der Waals surface area contributed by atoms with Crippen LogP contribution in [0.25, 0.3) is 0 Å². The molecule has 0 saturated carbocycles. The van der Waals surface area contributed by atoms with E-state index in [-0.39, 0.29) is 23.1 Å². The third-order valence-electron chi connectivity index (χ3n) is 5.53. The molecule has 3 atom stereocenters. The monoisotopic (exact) mass is 292 g/mol. The molecule has 2 nitrogen and oxygen atoms in total. The maximum atomic E-state index is 13.9. The van der Waals surface area contributed by atoms with Crippen LogP contribution in [0.4, 0.5) is 4.39 Å². The summed E-state index contributed by atoms with van der Waals surface area (Å²) < 4.78 is 26.3. The van der Waals surface area contributed by atoms with Crippen molar-refractivity contribution in [1.82, 2.24) is 0 Å². The standard InChI is InChI=1S/C18H25FO2/c1-12(2)18-9-8-17(4,21-18)16(10-18)20-11-14-13(3)6-5-7-15(14)19/h5-7,12,16H,8-11H2,1-4H3/t16-,17+,18-/m0/s1. The van der Waals surface area contributed by atoms with E-state index in [4.69, 9.17) is 9.47 Å². The molecule has 116 valence electrons. The van der Waals surface area contributed by atoms with E-state index < -0.39 is 0 Å². The number of hydrogen-bond donors (Lipinski definition) is 0. The summed E-state index contributed by atoms with van der Waals surface area (Å²) in [7, 11) is 0. The largest absolute Gasteiger partial charge is 0.370 e. The first kappa shape index (κ1) is 15.0. The van der Waals surface area contributed by atoms with Crippen LogP contribution in [0.3, 0.4) is 0 Å². The van der Waals surface area contributed by atoms with E-state index in [1.165, 1.54) is 6.07 Å². The van der Waals surface area contributed by atoms with Gasteiger partial charge in [-0.2, -0.15) is 0 Å². The fourth-order valence-electron chi connectivity index (χ4n) is 3.84. The maximum Gasteiger partial charge on any atom is 0.128 e. The second-order valence-electron chi connectivity index (χ2n) is 7.17. The Bertz CT molecular complexity index is 522. The Morgan fingerprint density at radius 3 is 2.76 bits per heavy atom. The van der Waals surface area contributed by atoms with Gasteiger partial charge < -0.3 is 9.47 Å². The van der Waals surface area contributed by atoms with Crippen molar-refractivity contribution >= 4 is 0 Å². The Morgan fingerprint density at radius 2 is 2.14 bits per heavy atom. The van der Waals surface area contributed by atoms with Gasteiger partial charge in [-0.25, -0.2) is 4.39 Å². The summed E-state index contributed by atoms with van der Waals surface area (Å²) >= 11 is 0. The van der Waals surface area contributed by atoms with Gasteiger partial charge in [0.1, 0.15) is 5.82 Å². The predicted molar refractivity (Wildman–Crippen MR) is 80.6 cm³/mol. The molecular weight excluding hydrogens is 267 g/mol. The summed E-state index contributed by atoms with van der Waals surface area (Å²) in [5, 5.41) is 0. The van der Waals surface area contributed by atoms with Gasteiger partial charge in [0, 0.05) is 12.0 Å². The molecule has 21 heavy (non-hydrogen) atoms. The molecule has 2 heterocycles. The predicted octanol–water partition coefficient (Wildman–Crippen LogP) is 4.39. The average Bonchev–Trinajstić information content (AvgIpc) is 2.90. The van der Waals surface area contributed by atoms with Crippen LogP contribution in [0, 0.1) is 18.7 Å².